The van der Waals surface area contributed by atoms with E-state index in [1.165, 1.54) is 6.07 Å². The van der Waals surface area contributed by atoms with Gasteiger partial charge in [-0.15, -0.1) is 0 Å². The summed E-state index contributed by atoms with van der Waals surface area (Å²) in [5, 5.41) is 9.02. The van der Waals surface area contributed by atoms with Gasteiger partial charge in [0.1, 0.15) is 5.56 Å². The van der Waals surface area contributed by atoms with Gasteiger partial charge in [-0.25, -0.2) is 0 Å². The Labute approximate surface area is 140 Å². The molecule has 1 amide bonds. The third-order valence-corrected chi connectivity index (χ3v) is 4.91. The molecule has 0 unspecified atom stereocenters. The number of carbonyl (C=O) groups is 2. The Bertz CT molecular complexity index is 772. The number of halogens is 3. The van der Waals surface area contributed by atoms with Crippen molar-refractivity contribution in [2.45, 2.75) is 31.9 Å². The minimum atomic E-state index is -4.72. The number of carbonyl (C=O) groups excluding carboxylic acids is 1. The molecule has 6 nitrogen and oxygen atoms in total. The van der Waals surface area contributed by atoms with Crippen LogP contribution in [0.3, 0.4) is 0 Å². The molecule has 25 heavy (non-hydrogen) atoms. The van der Waals surface area contributed by atoms with Crippen LogP contribution in [-0.2, 0) is 17.6 Å². The average Bonchev–Trinajstić information content (AvgIpc) is 2.99. The Hall–Kier alpha value is -2.32. The lowest BCUT2D eigenvalue weighted by Crippen LogP contribution is -2.35. The van der Waals surface area contributed by atoms with E-state index >= 15 is 0 Å². The van der Waals surface area contributed by atoms with Gasteiger partial charge in [-0.2, -0.15) is 13.2 Å². The number of rotatable bonds is 2. The second kappa shape index (κ2) is 6.20. The number of H-pyrrole nitrogens is 1. The van der Waals surface area contributed by atoms with Crippen LogP contribution in [0.25, 0.3) is 0 Å². The van der Waals surface area contributed by atoms with E-state index in [0.29, 0.717) is 12.8 Å². The van der Waals surface area contributed by atoms with Gasteiger partial charge in [-0.05, 0) is 37.3 Å². The van der Waals surface area contributed by atoms with Gasteiger partial charge in [0.15, 0.2) is 0 Å². The normalized spacial score (nSPS) is 23.4. The van der Waals surface area contributed by atoms with E-state index in [1.807, 2.05) is 0 Å². The summed E-state index contributed by atoms with van der Waals surface area (Å²) in [6, 6.07) is 1.44. The smallest absolute Gasteiger partial charge is 0.394 e. The average molecular weight is 358 g/mol. The maximum absolute atomic E-state index is 13.0. The first-order chi connectivity index (χ1) is 11.7. The van der Waals surface area contributed by atoms with Gasteiger partial charge >= 0.3 is 12.1 Å². The van der Waals surface area contributed by atoms with Gasteiger partial charge in [0, 0.05) is 18.8 Å². The first kappa shape index (κ1) is 17.5. The molecule has 9 heteroatoms. The van der Waals surface area contributed by atoms with E-state index in [-0.39, 0.29) is 5.56 Å². The van der Waals surface area contributed by atoms with E-state index in [2.05, 4.69) is 4.98 Å². The Balaban J connectivity index is 1.89. The minimum absolute atomic E-state index is 0.229. The second-order valence-corrected chi connectivity index (χ2v) is 6.53. The van der Waals surface area contributed by atoms with Crippen LogP contribution in [-0.4, -0.2) is 46.1 Å². The summed E-state index contributed by atoms with van der Waals surface area (Å²) in [5.41, 5.74) is 0.696. The number of aryl methyl sites for hydroxylation is 2. The molecule has 1 aliphatic heterocycles. The summed E-state index contributed by atoms with van der Waals surface area (Å²) in [5.74, 6) is -6.31. The molecule has 3 rings (SSSR count). The number of aliphatic carboxylic acids is 1. The molecule has 136 valence electrons. The zero-order valence-corrected chi connectivity index (χ0v) is 13.2. The van der Waals surface area contributed by atoms with Crippen molar-refractivity contribution in [2.24, 2.45) is 11.8 Å². The first-order valence-electron chi connectivity index (χ1n) is 8.02. The quantitative estimate of drug-likeness (QED) is 0.840. The number of hydrogen-bond acceptors (Lipinski definition) is 3. The maximum Gasteiger partial charge on any atom is 0.394 e. The van der Waals surface area contributed by atoms with Gasteiger partial charge in [0.25, 0.3) is 11.5 Å². The third-order valence-electron chi connectivity index (χ3n) is 4.91. The van der Waals surface area contributed by atoms with Crippen LogP contribution in [0.1, 0.15) is 34.5 Å². The van der Waals surface area contributed by atoms with Crippen LogP contribution >= 0.6 is 0 Å². The summed E-state index contributed by atoms with van der Waals surface area (Å²) >= 11 is 0. The lowest BCUT2D eigenvalue weighted by Gasteiger charge is -2.20. The fourth-order valence-electron chi connectivity index (χ4n) is 3.56. The number of fused-ring (bicyclic) bond motifs is 1. The Morgan fingerprint density at radius 3 is 2.48 bits per heavy atom. The van der Waals surface area contributed by atoms with Crippen molar-refractivity contribution in [2.75, 3.05) is 13.1 Å². The highest BCUT2D eigenvalue weighted by atomic mass is 19.4. The lowest BCUT2D eigenvalue weighted by atomic mass is 9.95. The van der Waals surface area contributed by atoms with Crippen molar-refractivity contribution < 1.29 is 27.9 Å². The Kier molecular flexibility index (Phi) is 4.34. The zero-order valence-electron chi connectivity index (χ0n) is 13.2. The highest BCUT2D eigenvalue weighted by molar-refractivity contribution is 5.94. The molecule has 2 aliphatic rings. The number of amides is 1. The van der Waals surface area contributed by atoms with Crippen molar-refractivity contribution in [1.82, 2.24) is 9.88 Å². The minimum Gasteiger partial charge on any atom is -0.481 e. The van der Waals surface area contributed by atoms with Crippen LogP contribution < -0.4 is 5.56 Å². The van der Waals surface area contributed by atoms with Gasteiger partial charge in [-0.3, -0.25) is 14.4 Å². The molecule has 1 aromatic heterocycles. The van der Waals surface area contributed by atoms with E-state index in [9.17, 15) is 27.6 Å². The zero-order chi connectivity index (χ0) is 18.4. The van der Waals surface area contributed by atoms with Crippen molar-refractivity contribution in [3.8, 4) is 0 Å². The molecule has 1 saturated heterocycles. The highest BCUT2D eigenvalue weighted by Crippen LogP contribution is 2.38. The van der Waals surface area contributed by atoms with Gasteiger partial charge in [-0.1, -0.05) is 0 Å². The largest absolute Gasteiger partial charge is 0.481 e. The summed E-state index contributed by atoms with van der Waals surface area (Å²) in [6.45, 7) is -1.31. The molecular weight excluding hydrogens is 341 g/mol. The number of pyridine rings is 1. The molecule has 0 bridgehead atoms. The predicted molar refractivity (Wildman–Crippen MR) is 80.3 cm³/mol. The molecule has 0 aromatic carbocycles. The van der Waals surface area contributed by atoms with Crippen LogP contribution in [0.2, 0.25) is 0 Å². The fraction of sp³-hybridized carbons (Fsp3) is 0.562. The molecule has 1 fully saturated rings. The van der Waals surface area contributed by atoms with Crippen LogP contribution in [0.15, 0.2) is 10.9 Å². The maximum atomic E-state index is 13.0. The first-order valence-corrected chi connectivity index (χ1v) is 8.02. The predicted octanol–water partition coefficient (Wildman–Crippen LogP) is 1.59. The van der Waals surface area contributed by atoms with E-state index in [1.54, 1.807) is 0 Å². The summed E-state index contributed by atoms with van der Waals surface area (Å²) in [7, 11) is 0. The Morgan fingerprint density at radius 2 is 1.88 bits per heavy atom. The van der Waals surface area contributed by atoms with Gasteiger partial charge < -0.3 is 15.0 Å². The molecule has 2 heterocycles. The Morgan fingerprint density at radius 1 is 1.20 bits per heavy atom. The van der Waals surface area contributed by atoms with E-state index in [0.717, 1.165) is 29.0 Å². The molecule has 1 aromatic rings. The third kappa shape index (κ3) is 3.27. The molecule has 0 spiro atoms. The van der Waals surface area contributed by atoms with E-state index < -0.39 is 48.5 Å². The number of likely N-dealkylation sites (tertiary alicyclic amines) is 1. The number of aromatic nitrogens is 1. The lowest BCUT2D eigenvalue weighted by molar-refractivity contribution is -0.187. The van der Waals surface area contributed by atoms with Gasteiger partial charge in [0.05, 0.1) is 11.8 Å². The van der Waals surface area contributed by atoms with Crippen molar-refractivity contribution in [1.29, 1.82) is 0 Å². The summed E-state index contributed by atoms with van der Waals surface area (Å²) in [6.07, 6.45) is -1.50. The molecule has 2 atom stereocenters. The van der Waals surface area contributed by atoms with Crippen LogP contribution in [0, 0.1) is 11.8 Å². The second-order valence-electron chi connectivity index (χ2n) is 6.53. The number of nitrogens with zero attached hydrogens (tertiary/aromatic N) is 1. The molecule has 0 radical (unpaired) electrons. The van der Waals surface area contributed by atoms with Crippen LogP contribution in [0.4, 0.5) is 13.2 Å². The number of nitrogens with one attached hydrogen (secondary N) is 1. The molecule has 0 saturated carbocycles. The number of carboxylic acid groups (broad SMARTS) is 1. The SMILES string of the molecule is O=C(O)[C@@H]1CN(C(=O)c2cc3c([nH]c2=O)CCCC3)C[C@H]1C(F)(F)F. The van der Waals surface area contributed by atoms with Crippen molar-refractivity contribution in [3.05, 3.63) is 33.2 Å². The number of hydrogen-bond donors (Lipinski definition) is 2. The molecule has 2 N–H and O–H groups in total. The van der Waals surface area contributed by atoms with Crippen LogP contribution in [0.5, 0.6) is 0 Å². The number of carboxylic acids is 1. The molecule has 1 aliphatic carbocycles. The topological polar surface area (TPSA) is 90.5 Å². The van der Waals surface area contributed by atoms with Gasteiger partial charge in [0.2, 0.25) is 0 Å². The molecular formula is C16H17F3N2O4. The van der Waals surface area contributed by atoms with Crippen molar-refractivity contribution >= 4 is 11.9 Å². The van der Waals surface area contributed by atoms with Crippen molar-refractivity contribution in [3.63, 3.8) is 0 Å². The summed E-state index contributed by atoms with van der Waals surface area (Å²) < 4.78 is 39.1. The number of alkyl halides is 3. The highest BCUT2D eigenvalue weighted by Gasteiger charge is 2.53. The fourth-order valence-corrected chi connectivity index (χ4v) is 3.56. The standard InChI is InChI=1S/C16H17F3N2O4/c17-16(18,19)11-7-21(6-10(11)15(24)25)14(23)9-5-8-3-1-2-4-12(8)20-13(9)22/h5,10-11H,1-4,6-7H2,(H,20,22)(H,24,25)/t10-,11-/m1/s1. The van der Waals surface area contributed by atoms with E-state index in [4.69, 9.17) is 5.11 Å². The number of aromatic amines is 1. The monoisotopic (exact) mass is 358 g/mol. The summed E-state index contributed by atoms with van der Waals surface area (Å²) in [4.78, 5) is 39.2.